The molecule has 1 amide bonds. The van der Waals surface area contributed by atoms with Crippen LogP contribution in [0.15, 0.2) is 65.4 Å². The number of rotatable bonds is 4. The Morgan fingerprint density at radius 3 is 2.58 bits per heavy atom. The van der Waals surface area contributed by atoms with E-state index in [-0.39, 0.29) is 11.4 Å². The summed E-state index contributed by atoms with van der Waals surface area (Å²) in [7, 11) is 0. The number of nitrogens with one attached hydrogen (secondary N) is 2. The van der Waals surface area contributed by atoms with Crippen molar-refractivity contribution in [1.29, 1.82) is 0 Å². The zero-order valence-corrected chi connectivity index (χ0v) is 13.9. The molecule has 0 bridgehead atoms. The van der Waals surface area contributed by atoms with Crippen LogP contribution >= 0.6 is 15.9 Å². The van der Waals surface area contributed by atoms with Gasteiger partial charge in [-0.2, -0.15) is 0 Å². The highest BCUT2D eigenvalue weighted by Crippen LogP contribution is 2.19. The van der Waals surface area contributed by atoms with Crippen LogP contribution in [0.2, 0.25) is 0 Å². The minimum atomic E-state index is -0.526. The van der Waals surface area contributed by atoms with Crippen molar-refractivity contribution >= 4 is 39.0 Å². The molecule has 0 saturated carbocycles. The molecule has 7 heteroatoms. The molecule has 1 aromatic heterocycles. The van der Waals surface area contributed by atoms with Crippen LogP contribution in [-0.4, -0.2) is 15.9 Å². The van der Waals surface area contributed by atoms with Crippen molar-refractivity contribution in [1.82, 2.24) is 9.97 Å². The maximum atomic E-state index is 13.5. The smallest absolute Gasteiger partial charge is 0.275 e. The Morgan fingerprint density at radius 2 is 1.88 bits per heavy atom. The molecule has 120 valence electrons. The summed E-state index contributed by atoms with van der Waals surface area (Å²) in [6.07, 6.45) is 2.77. The van der Waals surface area contributed by atoms with Gasteiger partial charge in [0, 0.05) is 10.2 Å². The van der Waals surface area contributed by atoms with Gasteiger partial charge in [-0.05, 0) is 30.3 Å². The van der Waals surface area contributed by atoms with Gasteiger partial charge in [-0.1, -0.05) is 34.1 Å². The van der Waals surface area contributed by atoms with Crippen LogP contribution in [0.3, 0.4) is 0 Å². The number of para-hydroxylation sites is 1. The normalized spacial score (nSPS) is 10.2. The van der Waals surface area contributed by atoms with E-state index in [1.165, 1.54) is 24.5 Å². The van der Waals surface area contributed by atoms with Crippen molar-refractivity contribution in [3.63, 3.8) is 0 Å². The Kier molecular flexibility index (Phi) is 4.81. The molecule has 3 aromatic rings. The van der Waals surface area contributed by atoms with Gasteiger partial charge in [0.15, 0.2) is 0 Å². The largest absolute Gasteiger partial charge is 0.339 e. The molecule has 1 heterocycles. The molecule has 0 fully saturated rings. The number of hydrogen-bond donors (Lipinski definition) is 2. The fraction of sp³-hybridized carbons (Fsp3) is 0. The van der Waals surface area contributed by atoms with E-state index in [4.69, 9.17) is 0 Å². The van der Waals surface area contributed by atoms with Gasteiger partial charge in [0.05, 0.1) is 18.1 Å². The molecular formula is C17H12BrFN4O. The molecule has 3 rings (SSSR count). The van der Waals surface area contributed by atoms with Crippen LogP contribution in [0.4, 0.5) is 21.6 Å². The number of halogens is 2. The zero-order chi connectivity index (χ0) is 16.9. The van der Waals surface area contributed by atoms with Gasteiger partial charge in [-0.15, -0.1) is 0 Å². The molecule has 24 heavy (non-hydrogen) atoms. The lowest BCUT2D eigenvalue weighted by Gasteiger charge is -2.07. The molecule has 0 radical (unpaired) electrons. The Morgan fingerprint density at radius 1 is 1.04 bits per heavy atom. The molecule has 5 nitrogen and oxygen atoms in total. The number of anilines is 3. The van der Waals surface area contributed by atoms with E-state index >= 15 is 0 Å². The minimum absolute atomic E-state index is 0.0954. The quantitative estimate of drug-likeness (QED) is 0.698. The lowest BCUT2D eigenvalue weighted by atomic mass is 10.3. The first-order valence-corrected chi connectivity index (χ1v) is 7.81. The first-order valence-electron chi connectivity index (χ1n) is 7.02. The second-order valence-corrected chi connectivity index (χ2v) is 5.77. The van der Waals surface area contributed by atoms with Crippen LogP contribution < -0.4 is 10.6 Å². The van der Waals surface area contributed by atoms with Crippen LogP contribution in [0.1, 0.15) is 10.5 Å². The molecule has 0 atom stereocenters. The molecular weight excluding hydrogens is 375 g/mol. The molecule has 0 saturated heterocycles. The third kappa shape index (κ3) is 3.94. The van der Waals surface area contributed by atoms with Gasteiger partial charge >= 0.3 is 0 Å². The van der Waals surface area contributed by atoms with Crippen molar-refractivity contribution in [2.24, 2.45) is 0 Å². The van der Waals surface area contributed by atoms with Crippen molar-refractivity contribution in [3.05, 3.63) is 76.9 Å². The summed E-state index contributed by atoms with van der Waals surface area (Å²) in [5.74, 6) is -0.538. The zero-order valence-electron chi connectivity index (χ0n) is 12.3. The van der Waals surface area contributed by atoms with Gasteiger partial charge in [0.2, 0.25) is 0 Å². The Balaban J connectivity index is 1.70. The van der Waals surface area contributed by atoms with E-state index in [1.54, 1.807) is 12.1 Å². The monoisotopic (exact) mass is 386 g/mol. The van der Waals surface area contributed by atoms with Crippen LogP contribution in [-0.2, 0) is 0 Å². The number of carbonyl (C=O) groups excluding carboxylic acids is 1. The summed E-state index contributed by atoms with van der Waals surface area (Å²) < 4.78 is 14.5. The molecule has 0 unspecified atom stereocenters. The Hall–Kier alpha value is -2.80. The fourth-order valence-corrected chi connectivity index (χ4v) is 2.37. The molecule has 2 N–H and O–H groups in total. The maximum Gasteiger partial charge on any atom is 0.275 e. The molecule has 0 aliphatic rings. The lowest BCUT2D eigenvalue weighted by molar-refractivity contribution is 0.102. The number of aromatic nitrogens is 2. The van der Waals surface area contributed by atoms with Crippen molar-refractivity contribution in [3.8, 4) is 0 Å². The summed E-state index contributed by atoms with van der Waals surface area (Å²) in [4.78, 5) is 20.3. The molecule has 2 aromatic carbocycles. The number of carbonyl (C=O) groups is 1. The SMILES string of the molecule is O=C(Nc1ccccc1F)c1cnc(Nc2cccc(Br)c2)cn1. The van der Waals surface area contributed by atoms with Gasteiger partial charge in [0.1, 0.15) is 17.3 Å². The second-order valence-electron chi connectivity index (χ2n) is 4.86. The number of nitrogens with zero attached hydrogens (tertiary/aromatic N) is 2. The minimum Gasteiger partial charge on any atom is -0.339 e. The van der Waals surface area contributed by atoms with Gasteiger partial charge < -0.3 is 10.6 Å². The summed E-state index contributed by atoms with van der Waals surface area (Å²) >= 11 is 3.38. The van der Waals surface area contributed by atoms with E-state index in [9.17, 15) is 9.18 Å². The van der Waals surface area contributed by atoms with E-state index in [0.717, 1.165) is 10.2 Å². The Bertz CT molecular complexity index is 870. The van der Waals surface area contributed by atoms with E-state index < -0.39 is 11.7 Å². The average molecular weight is 387 g/mol. The fourth-order valence-electron chi connectivity index (χ4n) is 1.97. The summed E-state index contributed by atoms with van der Waals surface area (Å²) in [5, 5.41) is 5.53. The number of hydrogen-bond acceptors (Lipinski definition) is 4. The standard InChI is InChI=1S/C17H12BrFN4O/c18-11-4-3-5-12(8-11)22-16-10-20-15(9-21-16)17(24)23-14-7-2-1-6-13(14)19/h1-10H,(H,21,22)(H,23,24). The van der Waals surface area contributed by atoms with Crippen LogP contribution in [0.25, 0.3) is 0 Å². The number of amides is 1. The third-order valence-electron chi connectivity index (χ3n) is 3.10. The third-order valence-corrected chi connectivity index (χ3v) is 3.60. The molecule has 0 aliphatic carbocycles. The lowest BCUT2D eigenvalue weighted by Crippen LogP contribution is -2.15. The highest BCUT2D eigenvalue weighted by atomic mass is 79.9. The van der Waals surface area contributed by atoms with E-state index in [1.807, 2.05) is 24.3 Å². The van der Waals surface area contributed by atoms with Crippen LogP contribution in [0.5, 0.6) is 0 Å². The maximum absolute atomic E-state index is 13.5. The average Bonchev–Trinajstić information content (AvgIpc) is 2.57. The summed E-state index contributed by atoms with van der Waals surface area (Å²) in [6.45, 7) is 0. The van der Waals surface area contributed by atoms with Crippen LogP contribution in [0, 0.1) is 5.82 Å². The summed E-state index contributed by atoms with van der Waals surface area (Å²) in [6, 6.07) is 13.5. The van der Waals surface area contributed by atoms with Gasteiger partial charge in [0.25, 0.3) is 5.91 Å². The van der Waals surface area contributed by atoms with Crippen molar-refractivity contribution in [2.45, 2.75) is 0 Å². The number of benzene rings is 2. The molecule has 0 spiro atoms. The summed E-state index contributed by atoms with van der Waals surface area (Å²) in [5.41, 5.74) is 1.03. The van der Waals surface area contributed by atoms with Gasteiger partial charge in [-0.3, -0.25) is 4.79 Å². The topological polar surface area (TPSA) is 66.9 Å². The highest BCUT2D eigenvalue weighted by Gasteiger charge is 2.11. The predicted octanol–water partition coefficient (Wildman–Crippen LogP) is 4.37. The molecule has 0 aliphatic heterocycles. The van der Waals surface area contributed by atoms with Gasteiger partial charge in [-0.25, -0.2) is 14.4 Å². The van der Waals surface area contributed by atoms with E-state index in [2.05, 4.69) is 36.5 Å². The second kappa shape index (κ2) is 7.18. The predicted molar refractivity (Wildman–Crippen MR) is 93.8 cm³/mol. The Labute approximate surface area is 146 Å². The first-order chi connectivity index (χ1) is 11.6. The van der Waals surface area contributed by atoms with Crippen molar-refractivity contribution in [2.75, 3.05) is 10.6 Å². The first kappa shape index (κ1) is 16.1. The van der Waals surface area contributed by atoms with Crippen molar-refractivity contribution < 1.29 is 9.18 Å². The van der Waals surface area contributed by atoms with E-state index in [0.29, 0.717) is 5.82 Å². The highest BCUT2D eigenvalue weighted by molar-refractivity contribution is 9.10.